The number of alkyl halides is 3. The zero-order chi connectivity index (χ0) is 17.7. The van der Waals surface area contributed by atoms with Crippen LogP contribution in [0.5, 0.6) is 11.5 Å². The van der Waals surface area contributed by atoms with E-state index in [0.29, 0.717) is 11.3 Å². The molecule has 0 heterocycles. The van der Waals surface area contributed by atoms with Gasteiger partial charge in [-0.1, -0.05) is 12.1 Å². The van der Waals surface area contributed by atoms with Crippen molar-refractivity contribution in [2.75, 3.05) is 12.4 Å². The summed E-state index contributed by atoms with van der Waals surface area (Å²) in [5, 5.41) is 13.6. The Morgan fingerprint density at radius 3 is 2.50 bits per heavy atom. The highest BCUT2D eigenvalue weighted by Crippen LogP contribution is 2.31. The monoisotopic (exact) mass is 342 g/mol. The van der Waals surface area contributed by atoms with Gasteiger partial charge in [0.25, 0.3) is 5.69 Å². The van der Waals surface area contributed by atoms with Gasteiger partial charge < -0.3 is 14.8 Å². The first-order chi connectivity index (χ1) is 11.3. The lowest BCUT2D eigenvalue weighted by atomic mass is 10.1. The number of hydrogen-bond acceptors (Lipinski definition) is 5. The lowest BCUT2D eigenvalue weighted by Gasteiger charge is -2.15. The number of nitro groups is 1. The summed E-state index contributed by atoms with van der Waals surface area (Å²) in [7, 11) is 1.39. The number of nitrogens with one attached hydrogen (secondary N) is 1. The van der Waals surface area contributed by atoms with Crippen LogP contribution in [0.2, 0.25) is 0 Å². The first kappa shape index (κ1) is 17.4. The fourth-order valence-electron chi connectivity index (χ4n) is 2.03. The Morgan fingerprint density at radius 2 is 1.88 bits per heavy atom. The maximum atomic E-state index is 12.4. The second-order valence-electron chi connectivity index (χ2n) is 4.65. The summed E-state index contributed by atoms with van der Waals surface area (Å²) in [4.78, 5) is 10.3. The molecule has 0 radical (unpaired) electrons. The molecule has 0 saturated heterocycles. The van der Waals surface area contributed by atoms with Crippen LogP contribution < -0.4 is 14.8 Å². The van der Waals surface area contributed by atoms with Gasteiger partial charge in [-0.05, 0) is 18.2 Å². The third kappa shape index (κ3) is 4.51. The van der Waals surface area contributed by atoms with Crippen molar-refractivity contribution in [3.8, 4) is 11.5 Å². The molecular weight excluding hydrogens is 329 g/mol. The minimum Gasteiger partial charge on any atom is -0.496 e. The highest BCUT2D eigenvalue weighted by Gasteiger charge is 2.32. The molecule has 0 aromatic heterocycles. The number of rotatable bonds is 6. The fourth-order valence-corrected chi connectivity index (χ4v) is 2.03. The van der Waals surface area contributed by atoms with Crippen molar-refractivity contribution in [3.05, 3.63) is 58.1 Å². The third-order valence-corrected chi connectivity index (χ3v) is 3.06. The number of ether oxygens (including phenoxy) is 2. The van der Waals surface area contributed by atoms with E-state index < -0.39 is 17.0 Å². The van der Waals surface area contributed by atoms with Crippen molar-refractivity contribution in [3.63, 3.8) is 0 Å². The molecule has 24 heavy (non-hydrogen) atoms. The van der Waals surface area contributed by atoms with Crippen LogP contribution in [-0.4, -0.2) is 18.4 Å². The van der Waals surface area contributed by atoms with E-state index >= 15 is 0 Å². The molecule has 0 atom stereocenters. The molecule has 0 unspecified atom stereocenters. The molecule has 0 fully saturated rings. The number of methoxy groups -OCH3 is 1. The van der Waals surface area contributed by atoms with Crippen LogP contribution in [0.25, 0.3) is 0 Å². The van der Waals surface area contributed by atoms with E-state index in [2.05, 4.69) is 10.1 Å². The van der Waals surface area contributed by atoms with Crippen molar-refractivity contribution in [1.82, 2.24) is 0 Å². The van der Waals surface area contributed by atoms with Crippen molar-refractivity contribution in [2.45, 2.75) is 12.9 Å². The summed E-state index contributed by atoms with van der Waals surface area (Å²) in [5.74, 6) is -0.0169. The largest absolute Gasteiger partial charge is 0.573 e. The minimum atomic E-state index is -4.82. The van der Waals surface area contributed by atoms with Crippen LogP contribution in [-0.2, 0) is 6.54 Å². The molecule has 0 amide bonds. The Morgan fingerprint density at radius 1 is 1.17 bits per heavy atom. The van der Waals surface area contributed by atoms with Gasteiger partial charge in [0.15, 0.2) is 5.75 Å². The number of hydrogen-bond donors (Lipinski definition) is 1. The molecular formula is C15H13F3N2O4. The standard InChI is InChI=1S/C15H13F3N2O4/c1-23-13-7-6-11(20(21)22)8-10(13)9-19-12-4-2-3-5-14(12)24-15(16,17)18/h2-8,19H,9H2,1H3. The Hall–Kier alpha value is -2.97. The number of anilines is 1. The maximum Gasteiger partial charge on any atom is 0.573 e. The number of nitro benzene ring substituents is 1. The Bertz CT molecular complexity index is 735. The van der Waals surface area contributed by atoms with Crippen LogP contribution in [0.15, 0.2) is 42.5 Å². The average Bonchev–Trinajstić information content (AvgIpc) is 2.52. The van der Waals surface area contributed by atoms with Gasteiger partial charge in [-0.15, -0.1) is 13.2 Å². The van der Waals surface area contributed by atoms with Crippen molar-refractivity contribution in [2.24, 2.45) is 0 Å². The summed E-state index contributed by atoms with van der Waals surface area (Å²) < 4.78 is 46.2. The number of non-ortho nitro benzene ring substituents is 1. The summed E-state index contributed by atoms with van der Waals surface area (Å²) in [5.41, 5.74) is 0.379. The molecule has 0 aliphatic heterocycles. The summed E-state index contributed by atoms with van der Waals surface area (Å²) in [6, 6.07) is 9.51. The lowest BCUT2D eigenvalue weighted by Crippen LogP contribution is -2.18. The van der Waals surface area contributed by atoms with Crippen LogP contribution in [0.4, 0.5) is 24.5 Å². The van der Waals surface area contributed by atoms with Gasteiger partial charge in [0.2, 0.25) is 0 Å². The van der Waals surface area contributed by atoms with Crippen molar-refractivity contribution >= 4 is 11.4 Å². The predicted molar refractivity (Wildman–Crippen MR) is 80.1 cm³/mol. The second kappa shape index (κ2) is 7.07. The van der Waals surface area contributed by atoms with Crippen LogP contribution >= 0.6 is 0 Å². The van der Waals surface area contributed by atoms with Gasteiger partial charge in [0.05, 0.1) is 17.7 Å². The quantitative estimate of drug-likeness (QED) is 0.632. The van der Waals surface area contributed by atoms with Gasteiger partial charge in [-0.25, -0.2) is 0 Å². The number of para-hydroxylation sites is 2. The van der Waals surface area contributed by atoms with Gasteiger partial charge in [0, 0.05) is 24.2 Å². The molecule has 0 saturated carbocycles. The third-order valence-electron chi connectivity index (χ3n) is 3.06. The van der Waals surface area contributed by atoms with Crippen molar-refractivity contribution in [1.29, 1.82) is 0 Å². The highest BCUT2D eigenvalue weighted by atomic mass is 19.4. The molecule has 0 spiro atoms. The second-order valence-corrected chi connectivity index (χ2v) is 4.65. The van der Waals surface area contributed by atoms with E-state index in [0.717, 1.165) is 0 Å². The summed E-state index contributed by atoms with van der Waals surface area (Å²) in [6.07, 6.45) is -4.82. The van der Waals surface area contributed by atoms with E-state index in [-0.39, 0.29) is 17.9 Å². The molecule has 1 N–H and O–H groups in total. The van der Waals surface area contributed by atoms with E-state index in [9.17, 15) is 23.3 Å². The molecule has 2 rings (SSSR count). The van der Waals surface area contributed by atoms with Crippen molar-refractivity contribution < 1.29 is 27.6 Å². The number of halogens is 3. The molecule has 0 aliphatic rings. The van der Waals surface area contributed by atoms with Gasteiger partial charge in [0.1, 0.15) is 5.75 Å². The maximum absolute atomic E-state index is 12.4. The zero-order valence-corrected chi connectivity index (χ0v) is 12.5. The Labute approximate surface area is 135 Å². The number of benzene rings is 2. The SMILES string of the molecule is COc1ccc([N+](=O)[O-])cc1CNc1ccccc1OC(F)(F)F. The summed E-state index contributed by atoms with van der Waals surface area (Å²) >= 11 is 0. The van der Waals surface area contributed by atoms with Crippen LogP contribution in [0.1, 0.15) is 5.56 Å². The highest BCUT2D eigenvalue weighted by molar-refractivity contribution is 5.57. The molecule has 128 valence electrons. The molecule has 9 heteroatoms. The van der Waals surface area contributed by atoms with E-state index in [4.69, 9.17) is 4.74 Å². The van der Waals surface area contributed by atoms with Gasteiger partial charge >= 0.3 is 6.36 Å². The fraction of sp³-hybridized carbons (Fsp3) is 0.200. The zero-order valence-electron chi connectivity index (χ0n) is 12.5. The minimum absolute atomic E-state index is 0.0169. The summed E-state index contributed by atoms with van der Waals surface area (Å²) in [6.45, 7) is 0.0169. The van der Waals surface area contributed by atoms with Gasteiger partial charge in [-0.2, -0.15) is 0 Å². The Kier molecular flexibility index (Phi) is 5.12. The Balaban J connectivity index is 2.22. The van der Waals surface area contributed by atoms with Crippen LogP contribution in [0, 0.1) is 10.1 Å². The molecule has 2 aromatic rings. The van der Waals surface area contributed by atoms with E-state index in [1.54, 1.807) is 0 Å². The predicted octanol–water partition coefficient (Wildman–Crippen LogP) is 4.11. The van der Waals surface area contributed by atoms with E-state index in [1.165, 1.54) is 49.6 Å². The van der Waals surface area contributed by atoms with Crippen LogP contribution in [0.3, 0.4) is 0 Å². The first-order valence-corrected chi connectivity index (χ1v) is 6.70. The molecule has 0 aliphatic carbocycles. The van der Waals surface area contributed by atoms with Gasteiger partial charge in [-0.3, -0.25) is 10.1 Å². The smallest absolute Gasteiger partial charge is 0.496 e. The number of nitrogens with zero attached hydrogens (tertiary/aromatic N) is 1. The molecule has 6 nitrogen and oxygen atoms in total. The molecule has 2 aromatic carbocycles. The van der Waals surface area contributed by atoms with E-state index in [1.807, 2.05) is 0 Å². The molecule has 0 bridgehead atoms. The topological polar surface area (TPSA) is 73.6 Å². The lowest BCUT2D eigenvalue weighted by molar-refractivity contribution is -0.384. The normalized spacial score (nSPS) is 11.0. The average molecular weight is 342 g/mol. The first-order valence-electron chi connectivity index (χ1n) is 6.70.